The molecule has 8 rings (SSSR count). The first-order valence-electron chi connectivity index (χ1n) is 12.4. The summed E-state index contributed by atoms with van der Waals surface area (Å²) in [5.41, 5.74) is 14.9. The third kappa shape index (κ3) is 2.52. The average Bonchev–Trinajstić information content (AvgIpc) is 3.39. The largest absolute Gasteiger partial charge is 0.136 e. The summed E-state index contributed by atoms with van der Waals surface area (Å²) in [4.78, 5) is 0. The van der Waals surface area contributed by atoms with Gasteiger partial charge in [-0.3, -0.25) is 0 Å². The monoisotopic (exact) mass is 439 g/mol. The third-order valence-electron chi connectivity index (χ3n) is 7.89. The fourth-order valence-corrected chi connectivity index (χ4v) is 10.8. The van der Waals surface area contributed by atoms with E-state index >= 15 is 0 Å². The topological polar surface area (TPSA) is 0 Å². The molecule has 1 unspecified atom stereocenters. The van der Waals surface area contributed by atoms with Gasteiger partial charge in [0.25, 0.3) is 0 Å². The zero-order valence-electron chi connectivity index (χ0n) is 19.3. The molecule has 0 saturated carbocycles. The van der Waals surface area contributed by atoms with Crippen molar-refractivity contribution in [3.05, 3.63) is 108 Å². The minimum absolute atomic E-state index is 1.10. The molecular weight excluding hydrogens is 412 g/mol. The van der Waals surface area contributed by atoms with E-state index in [9.17, 15) is 0 Å². The molecule has 4 aromatic rings. The average molecular weight is 440 g/mol. The highest BCUT2D eigenvalue weighted by Crippen LogP contribution is 2.51. The van der Waals surface area contributed by atoms with E-state index in [1.54, 1.807) is 32.3 Å². The van der Waals surface area contributed by atoms with Crippen LogP contribution in [-0.2, 0) is 6.42 Å². The third-order valence-corrected chi connectivity index (χ3v) is 11.5. The normalized spacial score (nSPS) is 16.6. The van der Waals surface area contributed by atoms with Gasteiger partial charge in [-0.05, 0) is 84.5 Å². The lowest BCUT2D eigenvalue weighted by molar-refractivity contribution is 0.924. The maximum Gasteiger partial charge on any atom is 0.136 e. The molecule has 0 aromatic heterocycles. The summed E-state index contributed by atoms with van der Waals surface area (Å²) >= 11 is 0. The van der Waals surface area contributed by atoms with E-state index in [1.807, 2.05) is 0 Å². The molecule has 4 bridgehead atoms. The maximum absolute atomic E-state index is 2.53. The molecule has 0 N–H and O–H groups in total. The van der Waals surface area contributed by atoms with Crippen LogP contribution in [0.15, 0.2) is 84.4 Å². The van der Waals surface area contributed by atoms with E-state index in [1.165, 1.54) is 38.9 Å². The Bertz CT molecular complexity index is 1470. The predicted molar refractivity (Wildman–Crippen MR) is 144 cm³/mol. The van der Waals surface area contributed by atoms with Crippen molar-refractivity contribution < 1.29 is 0 Å². The van der Waals surface area contributed by atoms with Gasteiger partial charge in [0.05, 0.1) is 0 Å². The van der Waals surface area contributed by atoms with Crippen molar-refractivity contribution in [3.8, 4) is 33.4 Å². The summed E-state index contributed by atoms with van der Waals surface area (Å²) in [5, 5.41) is 4.97. The van der Waals surface area contributed by atoms with Crippen LogP contribution in [-0.4, -0.2) is 8.80 Å². The van der Waals surface area contributed by atoms with Gasteiger partial charge in [0.1, 0.15) is 8.80 Å². The number of benzene rings is 4. The Morgan fingerprint density at radius 1 is 0.697 bits per heavy atom. The SMILES string of the molecule is CCCc1c2cc3c(c1-c1ccccc1)C(=C(CC)[CH]3)[SiH]1c3ccccc3-c3cccc-2c31. The Hall–Kier alpha value is -3.16. The molecule has 4 aromatic carbocycles. The number of allylic oxidation sites excluding steroid dienone is 1. The van der Waals surface area contributed by atoms with Crippen molar-refractivity contribution in [2.24, 2.45) is 0 Å². The van der Waals surface area contributed by atoms with Gasteiger partial charge in [-0.15, -0.1) is 0 Å². The molecule has 3 aliphatic heterocycles. The Kier molecular flexibility index (Phi) is 4.20. The Morgan fingerprint density at radius 3 is 2.21 bits per heavy atom. The first kappa shape index (κ1) is 19.3. The first-order valence-corrected chi connectivity index (χ1v) is 14.1. The number of fused-ring (bicyclic) bond motifs is 3. The fourth-order valence-electron chi connectivity index (χ4n) is 6.67. The molecule has 0 amide bonds. The van der Waals surface area contributed by atoms with E-state index in [2.05, 4.69) is 99.1 Å². The summed E-state index contributed by atoms with van der Waals surface area (Å²) in [6, 6.07) is 30.1. The predicted octanol–water partition coefficient (Wildman–Crippen LogP) is 6.58. The molecule has 0 saturated heterocycles. The van der Waals surface area contributed by atoms with Gasteiger partial charge in [-0.25, -0.2) is 0 Å². The van der Waals surface area contributed by atoms with Gasteiger partial charge in [0.15, 0.2) is 0 Å². The summed E-state index contributed by atoms with van der Waals surface area (Å²) in [5.74, 6) is 0. The van der Waals surface area contributed by atoms with Crippen LogP contribution in [0.3, 0.4) is 0 Å². The molecule has 0 nitrogen and oxygen atoms in total. The summed E-state index contributed by atoms with van der Waals surface area (Å²) in [6.07, 6.45) is 5.89. The minimum atomic E-state index is -1.57. The van der Waals surface area contributed by atoms with Crippen molar-refractivity contribution in [2.45, 2.75) is 33.1 Å². The van der Waals surface area contributed by atoms with Crippen LogP contribution in [0.4, 0.5) is 0 Å². The molecule has 1 aliphatic carbocycles. The molecule has 159 valence electrons. The lowest BCUT2D eigenvalue weighted by atomic mass is 9.83. The summed E-state index contributed by atoms with van der Waals surface area (Å²) in [6.45, 7) is 4.66. The van der Waals surface area contributed by atoms with E-state index in [-0.39, 0.29) is 0 Å². The van der Waals surface area contributed by atoms with E-state index in [0.29, 0.717) is 0 Å². The maximum atomic E-state index is 2.53. The fraction of sp³-hybridized carbons (Fsp3) is 0.156. The Labute approximate surface area is 198 Å². The van der Waals surface area contributed by atoms with Crippen LogP contribution in [0.2, 0.25) is 0 Å². The zero-order valence-corrected chi connectivity index (χ0v) is 20.4. The quantitative estimate of drug-likeness (QED) is 0.315. The van der Waals surface area contributed by atoms with Crippen LogP contribution < -0.4 is 10.4 Å². The second-order valence-electron chi connectivity index (χ2n) is 9.58. The van der Waals surface area contributed by atoms with Crippen molar-refractivity contribution in [1.82, 2.24) is 0 Å². The van der Waals surface area contributed by atoms with Gasteiger partial charge >= 0.3 is 0 Å². The number of rotatable bonds is 4. The van der Waals surface area contributed by atoms with Gasteiger partial charge in [-0.2, -0.15) is 0 Å². The molecule has 1 heteroatoms. The molecule has 3 heterocycles. The highest BCUT2D eigenvalue weighted by molar-refractivity contribution is 7.04. The van der Waals surface area contributed by atoms with Crippen molar-refractivity contribution in [3.63, 3.8) is 0 Å². The lowest BCUT2D eigenvalue weighted by Crippen LogP contribution is -2.41. The van der Waals surface area contributed by atoms with E-state index < -0.39 is 8.80 Å². The zero-order chi connectivity index (χ0) is 22.1. The molecule has 1 radical (unpaired) electrons. The van der Waals surface area contributed by atoms with Crippen LogP contribution in [0.25, 0.3) is 38.6 Å². The Balaban J connectivity index is 1.69. The molecule has 33 heavy (non-hydrogen) atoms. The molecule has 0 spiro atoms. The number of hydrogen-bond donors (Lipinski definition) is 0. The Morgan fingerprint density at radius 2 is 1.42 bits per heavy atom. The van der Waals surface area contributed by atoms with Crippen LogP contribution in [0.5, 0.6) is 0 Å². The highest BCUT2D eigenvalue weighted by Gasteiger charge is 2.42. The molecule has 1 atom stereocenters. The van der Waals surface area contributed by atoms with Crippen LogP contribution in [0.1, 0.15) is 43.4 Å². The first-order chi connectivity index (χ1) is 16.3. The van der Waals surface area contributed by atoms with Gasteiger partial charge in [-0.1, -0.05) is 98.6 Å². The molecule has 4 aliphatic rings. The standard InChI is InChI=1S/C32H27Si/c1-3-11-24-27-19-22-18-20(4-2)31(30(22)29(24)21-12-6-5-7-13-21)33-28-17-9-8-14-23(28)25-15-10-16-26(27)32(25)33/h5-10,12-19,33H,3-4,11H2,1-2H3. The van der Waals surface area contributed by atoms with Crippen molar-refractivity contribution in [1.29, 1.82) is 0 Å². The van der Waals surface area contributed by atoms with Crippen LogP contribution >= 0.6 is 0 Å². The van der Waals surface area contributed by atoms with Crippen molar-refractivity contribution >= 4 is 24.4 Å². The summed E-state index contributed by atoms with van der Waals surface area (Å²) < 4.78 is 0. The molecule has 0 fully saturated rings. The van der Waals surface area contributed by atoms with E-state index in [0.717, 1.165) is 19.3 Å². The van der Waals surface area contributed by atoms with E-state index in [4.69, 9.17) is 0 Å². The van der Waals surface area contributed by atoms with Gasteiger partial charge in [0, 0.05) is 6.42 Å². The lowest BCUT2D eigenvalue weighted by Gasteiger charge is -2.29. The molecular formula is C32H27Si. The smallest absolute Gasteiger partial charge is 0.0651 e. The second kappa shape index (κ2) is 7.17. The highest BCUT2D eigenvalue weighted by atomic mass is 28.3. The van der Waals surface area contributed by atoms with Crippen molar-refractivity contribution in [2.75, 3.05) is 0 Å². The second-order valence-corrected chi connectivity index (χ2v) is 12.2. The summed E-state index contributed by atoms with van der Waals surface area (Å²) in [7, 11) is -1.57. The van der Waals surface area contributed by atoms with Crippen LogP contribution in [0, 0.1) is 6.42 Å². The minimum Gasteiger partial charge on any atom is -0.0651 e. The van der Waals surface area contributed by atoms with Gasteiger partial charge in [0.2, 0.25) is 0 Å². The number of hydrogen-bond acceptors (Lipinski definition) is 0. The van der Waals surface area contributed by atoms with Gasteiger partial charge < -0.3 is 0 Å².